The van der Waals surface area contributed by atoms with Crippen LogP contribution in [0.3, 0.4) is 0 Å². The van der Waals surface area contributed by atoms with E-state index in [1.54, 1.807) is 0 Å². The van der Waals surface area contributed by atoms with Crippen molar-refractivity contribution in [2.45, 2.75) is 55.6 Å². The van der Waals surface area contributed by atoms with Crippen LogP contribution in [0.25, 0.3) is 0 Å². The number of alkyl halides is 3. The van der Waals surface area contributed by atoms with Gasteiger partial charge in [0.2, 0.25) is 0 Å². The number of hydrogen-bond acceptors (Lipinski definition) is 4. The molecule has 0 saturated carbocycles. The zero-order chi connectivity index (χ0) is 18.2. The molecule has 0 amide bonds. The molecule has 1 aliphatic rings. The number of nitrogens with one attached hydrogen (secondary N) is 1. The fraction of sp³-hybridized carbons (Fsp3) is 0.625. The number of piperidine rings is 1. The van der Waals surface area contributed by atoms with Crippen LogP contribution in [0, 0.1) is 0 Å². The first-order valence-corrected chi connectivity index (χ1v) is 9.33. The van der Waals surface area contributed by atoms with Crippen LogP contribution in [-0.4, -0.2) is 43.5 Å². The number of rotatable bonds is 3. The number of likely N-dealkylation sites (tertiary alicyclic amines) is 1. The second kappa shape index (κ2) is 6.55. The van der Waals surface area contributed by atoms with Crippen molar-refractivity contribution in [1.29, 1.82) is 0 Å². The Kier molecular flexibility index (Phi) is 5.20. The lowest BCUT2D eigenvalue weighted by Gasteiger charge is -2.41. The molecule has 0 bridgehead atoms. The molecule has 0 spiro atoms. The van der Waals surface area contributed by atoms with E-state index in [1.165, 1.54) is 18.2 Å². The molecular weight excluding hydrogens is 341 g/mol. The fourth-order valence-electron chi connectivity index (χ4n) is 2.86. The van der Waals surface area contributed by atoms with Crippen molar-refractivity contribution >= 4 is 15.5 Å². The molecular formula is C16H23F3N2O2S. The number of para-hydroxylation sites is 1. The highest BCUT2D eigenvalue weighted by Gasteiger charge is 2.48. The van der Waals surface area contributed by atoms with Crippen LogP contribution >= 0.6 is 0 Å². The van der Waals surface area contributed by atoms with Gasteiger partial charge in [0.15, 0.2) is 0 Å². The zero-order valence-corrected chi connectivity index (χ0v) is 14.8. The molecule has 0 aliphatic carbocycles. The molecule has 0 aromatic heterocycles. The molecule has 8 heteroatoms. The third kappa shape index (κ3) is 4.03. The third-order valence-electron chi connectivity index (χ3n) is 4.28. The SMILES string of the molecule is CC(C)(C)N1CCC(Nc2ccccc2S(=O)(=O)C(F)(F)F)CC1. The zero-order valence-electron chi connectivity index (χ0n) is 14.0. The Morgan fingerprint density at radius 2 is 1.62 bits per heavy atom. The number of sulfone groups is 1. The van der Waals surface area contributed by atoms with Gasteiger partial charge in [-0.1, -0.05) is 12.1 Å². The van der Waals surface area contributed by atoms with Crippen molar-refractivity contribution in [2.75, 3.05) is 18.4 Å². The van der Waals surface area contributed by atoms with Gasteiger partial charge in [-0.3, -0.25) is 4.90 Å². The Labute approximate surface area is 141 Å². The Morgan fingerprint density at radius 1 is 1.08 bits per heavy atom. The molecule has 4 nitrogen and oxygen atoms in total. The van der Waals surface area contributed by atoms with Crippen LogP contribution in [0.1, 0.15) is 33.6 Å². The van der Waals surface area contributed by atoms with Crippen LogP contribution in [0.15, 0.2) is 29.2 Å². The van der Waals surface area contributed by atoms with Crippen LogP contribution in [0.2, 0.25) is 0 Å². The summed E-state index contributed by atoms with van der Waals surface area (Å²) in [5.74, 6) is 0. The number of benzene rings is 1. The Hall–Kier alpha value is -1.28. The second-order valence-corrected chi connectivity index (χ2v) is 8.93. The van der Waals surface area contributed by atoms with Gasteiger partial charge in [0.05, 0.1) is 10.6 Å². The van der Waals surface area contributed by atoms with Crippen LogP contribution < -0.4 is 5.32 Å². The molecule has 1 heterocycles. The molecule has 0 radical (unpaired) electrons. The highest BCUT2D eigenvalue weighted by Crippen LogP contribution is 2.35. The summed E-state index contributed by atoms with van der Waals surface area (Å²) < 4.78 is 62.0. The number of hydrogen-bond donors (Lipinski definition) is 1. The first-order valence-electron chi connectivity index (χ1n) is 7.85. The van der Waals surface area contributed by atoms with Crippen molar-refractivity contribution in [3.63, 3.8) is 0 Å². The number of halogens is 3. The van der Waals surface area contributed by atoms with Crippen LogP contribution in [0.4, 0.5) is 18.9 Å². The van der Waals surface area contributed by atoms with Crippen molar-refractivity contribution in [2.24, 2.45) is 0 Å². The number of anilines is 1. The summed E-state index contributed by atoms with van der Waals surface area (Å²) >= 11 is 0. The fourth-order valence-corrected chi connectivity index (χ4v) is 3.78. The molecule has 24 heavy (non-hydrogen) atoms. The van der Waals surface area contributed by atoms with Gasteiger partial charge >= 0.3 is 5.51 Å². The van der Waals surface area contributed by atoms with E-state index in [1.807, 2.05) is 0 Å². The third-order valence-corrected chi connectivity index (χ3v) is 5.83. The predicted molar refractivity (Wildman–Crippen MR) is 87.7 cm³/mol. The lowest BCUT2D eigenvalue weighted by Crippen LogP contribution is -2.48. The van der Waals surface area contributed by atoms with E-state index in [-0.39, 0.29) is 17.3 Å². The minimum absolute atomic E-state index is 0.0176. The van der Waals surface area contributed by atoms with Gasteiger partial charge in [0, 0.05) is 24.7 Å². The summed E-state index contributed by atoms with van der Waals surface area (Å²) in [5, 5.41) is 2.99. The maximum absolute atomic E-state index is 12.8. The first-order chi connectivity index (χ1) is 10.9. The Balaban J connectivity index is 2.16. The summed E-state index contributed by atoms with van der Waals surface area (Å²) in [6.07, 6.45) is 1.50. The average Bonchev–Trinajstić information content (AvgIpc) is 2.46. The van der Waals surface area contributed by atoms with Gasteiger partial charge in [-0.2, -0.15) is 13.2 Å². The summed E-state index contributed by atoms with van der Waals surface area (Å²) in [7, 11) is -5.36. The maximum Gasteiger partial charge on any atom is 0.501 e. The van der Waals surface area contributed by atoms with Crippen molar-refractivity contribution in [3.8, 4) is 0 Å². The average molecular weight is 364 g/mol. The van der Waals surface area contributed by atoms with Gasteiger partial charge in [0.25, 0.3) is 9.84 Å². The lowest BCUT2D eigenvalue weighted by atomic mass is 9.98. The van der Waals surface area contributed by atoms with E-state index >= 15 is 0 Å². The van der Waals surface area contributed by atoms with Crippen molar-refractivity contribution < 1.29 is 21.6 Å². The monoisotopic (exact) mass is 364 g/mol. The van der Waals surface area contributed by atoms with E-state index in [4.69, 9.17) is 0 Å². The maximum atomic E-state index is 12.8. The van der Waals surface area contributed by atoms with Gasteiger partial charge in [-0.15, -0.1) is 0 Å². The van der Waals surface area contributed by atoms with Gasteiger partial charge < -0.3 is 5.32 Å². The number of nitrogens with zero attached hydrogens (tertiary/aromatic N) is 1. The van der Waals surface area contributed by atoms with E-state index in [0.29, 0.717) is 0 Å². The van der Waals surface area contributed by atoms with E-state index < -0.39 is 20.2 Å². The Bertz CT molecular complexity index is 673. The smallest absolute Gasteiger partial charge is 0.381 e. The molecule has 1 N–H and O–H groups in total. The lowest BCUT2D eigenvalue weighted by molar-refractivity contribution is -0.0435. The van der Waals surface area contributed by atoms with Crippen molar-refractivity contribution in [1.82, 2.24) is 4.90 Å². The van der Waals surface area contributed by atoms with Gasteiger partial charge in [-0.05, 0) is 45.7 Å². The Morgan fingerprint density at radius 3 is 2.12 bits per heavy atom. The van der Waals surface area contributed by atoms with Gasteiger partial charge in [0.1, 0.15) is 0 Å². The first kappa shape index (κ1) is 19.1. The second-order valence-electron chi connectivity index (χ2n) is 7.02. The normalized spacial score (nSPS) is 18.6. The molecule has 0 unspecified atom stereocenters. The van der Waals surface area contributed by atoms with E-state index in [0.717, 1.165) is 32.0 Å². The van der Waals surface area contributed by atoms with Crippen molar-refractivity contribution in [3.05, 3.63) is 24.3 Å². The minimum atomic E-state index is -5.36. The van der Waals surface area contributed by atoms with E-state index in [9.17, 15) is 21.6 Å². The quantitative estimate of drug-likeness (QED) is 0.889. The molecule has 1 aromatic rings. The highest BCUT2D eigenvalue weighted by atomic mass is 32.2. The van der Waals surface area contributed by atoms with Crippen LogP contribution in [0.5, 0.6) is 0 Å². The van der Waals surface area contributed by atoms with Gasteiger partial charge in [-0.25, -0.2) is 8.42 Å². The summed E-state index contributed by atoms with van der Waals surface area (Å²) in [4.78, 5) is 1.60. The molecule has 1 aliphatic heterocycles. The molecule has 1 saturated heterocycles. The molecule has 2 rings (SSSR count). The largest absolute Gasteiger partial charge is 0.501 e. The topological polar surface area (TPSA) is 49.4 Å². The molecule has 1 aromatic carbocycles. The standard InChI is InChI=1S/C16H23F3N2O2S/c1-15(2,3)21-10-8-12(9-11-21)20-13-6-4-5-7-14(13)24(22,23)16(17,18)19/h4-7,12,20H,8-11H2,1-3H3. The summed E-state index contributed by atoms with van der Waals surface area (Å²) in [6.45, 7) is 7.98. The molecule has 136 valence electrons. The summed E-state index contributed by atoms with van der Waals surface area (Å²) in [5.41, 5.74) is -5.24. The van der Waals surface area contributed by atoms with Crippen LogP contribution in [-0.2, 0) is 9.84 Å². The molecule has 1 fully saturated rings. The minimum Gasteiger partial charge on any atom is -0.381 e. The highest BCUT2D eigenvalue weighted by molar-refractivity contribution is 7.92. The summed E-state index contributed by atoms with van der Waals surface area (Å²) in [6, 6.07) is 5.16. The predicted octanol–water partition coefficient (Wildman–Crippen LogP) is 3.65. The molecule has 0 atom stereocenters. The van der Waals surface area contributed by atoms with E-state index in [2.05, 4.69) is 31.0 Å².